The van der Waals surface area contributed by atoms with Gasteiger partial charge in [-0.1, -0.05) is 25.1 Å². The van der Waals surface area contributed by atoms with E-state index in [1.165, 1.54) is 6.39 Å². The van der Waals surface area contributed by atoms with E-state index in [9.17, 15) is 0 Å². The van der Waals surface area contributed by atoms with E-state index in [4.69, 9.17) is 9.15 Å². The monoisotopic (exact) mass is 242 g/mol. The molecule has 0 amide bonds. The van der Waals surface area contributed by atoms with E-state index >= 15 is 0 Å². The summed E-state index contributed by atoms with van der Waals surface area (Å²) in [7, 11) is 0. The van der Waals surface area contributed by atoms with Gasteiger partial charge in [0.25, 0.3) is 0 Å². The molecule has 92 valence electrons. The van der Waals surface area contributed by atoms with Gasteiger partial charge in [-0.2, -0.15) is 0 Å². The molecule has 1 unspecified atom stereocenters. The highest BCUT2D eigenvalue weighted by molar-refractivity contribution is 5.64. The van der Waals surface area contributed by atoms with Crippen LogP contribution in [0.2, 0.25) is 0 Å². The van der Waals surface area contributed by atoms with Crippen LogP contribution < -0.4 is 4.90 Å². The van der Waals surface area contributed by atoms with Crippen LogP contribution in [0, 0.1) is 0 Å². The zero-order chi connectivity index (χ0) is 12.4. The molecule has 4 heteroatoms. The second-order valence-corrected chi connectivity index (χ2v) is 4.08. The number of hydrogen-bond acceptors (Lipinski definition) is 4. The van der Waals surface area contributed by atoms with Gasteiger partial charge in [-0.25, -0.2) is 4.98 Å². The molecule has 2 aromatic rings. The predicted octanol–water partition coefficient (Wildman–Crippen LogP) is 3.25. The van der Waals surface area contributed by atoms with Crippen LogP contribution in [0.5, 0.6) is 0 Å². The van der Waals surface area contributed by atoms with Gasteiger partial charge in [0.1, 0.15) is 0 Å². The zero-order valence-corrected chi connectivity index (χ0v) is 10.1. The topological polar surface area (TPSA) is 38.5 Å². The van der Waals surface area contributed by atoms with E-state index in [1.807, 2.05) is 24.4 Å². The van der Waals surface area contributed by atoms with E-state index in [2.05, 4.69) is 28.9 Å². The number of anilines is 1. The lowest BCUT2D eigenvalue weighted by Crippen LogP contribution is -2.26. The summed E-state index contributed by atoms with van der Waals surface area (Å²) < 4.78 is 11.1. The summed E-state index contributed by atoms with van der Waals surface area (Å²) in [6, 6.07) is 10.2. The molecule has 0 saturated carbocycles. The zero-order valence-electron chi connectivity index (χ0n) is 10.1. The maximum atomic E-state index is 5.88. The summed E-state index contributed by atoms with van der Waals surface area (Å²) in [4.78, 5) is 6.02. The van der Waals surface area contributed by atoms with Crippen LogP contribution in [-0.2, 0) is 4.74 Å². The fourth-order valence-electron chi connectivity index (χ4n) is 2.02. The Morgan fingerprint density at radius 3 is 2.78 bits per heavy atom. The highest BCUT2D eigenvalue weighted by Gasteiger charge is 2.27. The number of hydrogen-bond donors (Lipinski definition) is 0. The van der Waals surface area contributed by atoms with E-state index < -0.39 is 0 Å². The third kappa shape index (κ3) is 1.86. The third-order valence-electron chi connectivity index (χ3n) is 2.91. The van der Waals surface area contributed by atoms with Crippen molar-refractivity contribution in [2.24, 2.45) is 0 Å². The lowest BCUT2D eigenvalue weighted by molar-refractivity contribution is 0.183. The highest BCUT2D eigenvalue weighted by atomic mass is 16.5. The number of nitrogens with zero attached hydrogens (tertiary/aromatic N) is 2. The SMILES string of the molecule is CCC1OC(c2cnco2)=CN1c1ccccc1. The predicted molar refractivity (Wildman–Crippen MR) is 68.6 cm³/mol. The molecular weight excluding hydrogens is 228 g/mol. The van der Waals surface area contributed by atoms with E-state index in [0.29, 0.717) is 5.76 Å². The van der Waals surface area contributed by atoms with Crippen LogP contribution in [0.25, 0.3) is 5.76 Å². The Balaban J connectivity index is 1.93. The minimum absolute atomic E-state index is 0.00694. The summed E-state index contributed by atoms with van der Waals surface area (Å²) >= 11 is 0. The third-order valence-corrected chi connectivity index (χ3v) is 2.91. The van der Waals surface area contributed by atoms with Gasteiger partial charge >= 0.3 is 0 Å². The first-order valence-corrected chi connectivity index (χ1v) is 5.99. The van der Waals surface area contributed by atoms with Crippen molar-refractivity contribution in [1.82, 2.24) is 4.98 Å². The van der Waals surface area contributed by atoms with Crippen molar-refractivity contribution in [3.05, 3.63) is 54.9 Å². The average Bonchev–Trinajstić information content (AvgIpc) is 3.08. The number of oxazole rings is 1. The molecule has 1 atom stereocenters. The van der Waals surface area contributed by atoms with Crippen molar-refractivity contribution >= 4 is 11.4 Å². The smallest absolute Gasteiger partial charge is 0.190 e. The maximum absolute atomic E-state index is 5.88. The fourth-order valence-corrected chi connectivity index (χ4v) is 2.02. The molecule has 1 aliphatic rings. The number of aromatic nitrogens is 1. The minimum atomic E-state index is 0.00694. The van der Waals surface area contributed by atoms with Gasteiger partial charge in [-0.15, -0.1) is 0 Å². The number of rotatable bonds is 3. The van der Waals surface area contributed by atoms with Crippen molar-refractivity contribution in [3.8, 4) is 0 Å². The summed E-state index contributed by atoms with van der Waals surface area (Å²) in [5.74, 6) is 1.38. The highest BCUT2D eigenvalue weighted by Crippen LogP contribution is 2.31. The number of benzene rings is 1. The molecule has 2 heterocycles. The van der Waals surface area contributed by atoms with Crippen LogP contribution in [0.1, 0.15) is 19.1 Å². The van der Waals surface area contributed by atoms with E-state index in [-0.39, 0.29) is 6.23 Å². The molecule has 1 aliphatic heterocycles. The van der Waals surface area contributed by atoms with Crippen molar-refractivity contribution < 1.29 is 9.15 Å². The largest absolute Gasteiger partial charge is 0.465 e. The Morgan fingerprint density at radius 2 is 2.11 bits per heavy atom. The van der Waals surface area contributed by atoms with Crippen LogP contribution >= 0.6 is 0 Å². The summed E-state index contributed by atoms with van der Waals surface area (Å²) in [6.45, 7) is 2.10. The van der Waals surface area contributed by atoms with Crippen LogP contribution in [0.3, 0.4) is 0 Å². The molecule has 0 N–H and O–H groups in total. The lowest BCUT2D eigenvalue weighted by Gasteiger charge is -2.22. The van der Waals surface area contributed by atoms with Crippen LogP contribution in [0.4, 0.5) is 5.69 Å². The summed E-state index contributed by atoms with van der Waals surface area (Å²) in [5.41, 5.74) is 1.11. The first-order chi connectivity index (χ1) is 8.88. The molecule has 0 aliphatic carbocycles. The molecule has 0 radical (unpaired) electrons. The molecule has 1 aromatic heterocycles. The molecule has 0 fully saturated rings. The van der Waals surface area contributed by atoms with Gasteiger partial charge in [0.15, 0.2) is 24.1 Å². The number of ether oxygens (including phenoxy) is 1. The summed E-state index contributed by atoms with van der Waals surface area (Å²) in [5, 5.41) is 0. The fraction of sp³-hybridized carbons (Fsp3) is 0.214. The quantitative estimate of drug-likeness (QED) is 0.828. The Labute approximate surface area is 106 Å². The van der Waals surface area contributed by atoms with Gasteiger partial charge in [0, 0.05) is 12.1 Å². The first kappa shape index (κ1) is 10.9. The van der Waals surface area contributed by atoms with Gasteiger partial charge in [0.05, 0.1) is 12.4 Å². The van der Waals surface area contributed by atoms with Gasteiger partial charge in [-0.05, 0) is 12.1 Å². The van der Waals surface area contributed by atoms with Gasteiger partial charge in [-0.3, -0.25) is 0 Å². The van der Waals surface area contributed by atoms with Crippen molar-refractivity contribution in [2.75, 3.05) is 4.90 Å². The standard InChI is InChI=1S/C14H14N2O2/c1-2-14-16(11-6-4-3-5-7-11)9-13(18-14)12-8-15-10-17-12/h3-10,14H,2H2,1H3. The minimum Gasteiger partial charge on any atom is -0.465 e. The molecule has 4 nitrogen and oxygen atoms in total. The van der Waals surface area contributed by atoms with Crippen molar-refractivity contribution in [2.45, 2.75) is 19.6 Å². The molecule has 0 saturated heterocycles. The Bertz CT molecular complexity index is 534. The second-order valence-electron chi connectivity index (χ2n) is 4.08. The molecule has 0 spiro atoms. The number of para-hydroxylation sites is 1. The normalized spacial score (nSPS) is 18.6. The Hall–Kier alpha value is -2.23. The van der Waals surface area contributed by atoms with Crippen LogP contribution in [-0.4, -0.2) is 11.2 Å². The van der Waals surface area contributed by atoms with Crippen LogP contribution in [0.15, 0.2) is 53.5 Å². The molecule has 1 aromatic carbocycles. The van der Waals surface area contributed by atoms with Crippen molar-refractivity contribution in [1.29, 1.82) is 0 Å². The lowest BCUT2D eigenvalue weighted by atomic mass is 10.2. The Kier molecular flexibility index (Phi) is 2.76. The second kappa shape index (κ2) is 4.56. The molecule has 3 rings (SSSR count). The first-order valence-electron chi connectivity index (χ1n) is 5.99. The molecular formula is C14H14N2O2. The van der Waals surface area contributed by atoms with E-state index in [0.717, 1.165) is 17.9 Å². The summed E-state index contributed by atoms with van der Waals surface area (Å²) in [6.07, 6.45) is 5.93. The van der Waals surface area contributed by atoms with Gasteiger partial charge < -0.3 is 14.1 Å². The van der Waals surface area contributed by atoms with E-state index in [1.54, 1.807) is 6.20 Å². The molecule has 18 heavy (non-hydrogen) atoms. The van der Waals surface area contributed by atoms with Gasteiger partial charge in [0.2, 0.25) is 0 Å². The Morgan fingerprint density at radius 1 is 1.28 bits per heavy atom. The van der Waals surface area contributed by atoms with Crippen molar-refractivity contribution in [3.63, 3.8) is 0 Å². The maximum Gasteiger partial charge on any atom is 0.190 e. The molecule has 0 bridgehead atoms. The average molecular weight is 242 g/mol.